The van der Waals surface area contributed by atoms with Crippen LogP contribution in [-0.4, -0.2) is 142 Å². The SMILES string of the molecule is CC(=O)C1CCN(c2ccc(C(=O)Nc3ccc(Cl)c(-c4ccccn4)c3)c(C)n2)CC1.Cc1nc(N2CC(C)OC(C)C2)ccc1C(=O)Nc1ccc(Cl)c(-c2ccccn2)c1.Cc1nc(NCCc2cnc[nH]2)ccc1C(=O)Nc1ccc(Cl)c(-c2ccccn2)c1.Cc1nc(NC[C@H](C)O)ccc1C(=O)Nc1ccc(Cl)c(-c2ccccn2)c1. The number of hydrogen-bond acceptors (Lipinski definition) is 20. The minimum Gasteiger partial charge on any atom is -0.392 e. The number of rotatable bonds is 22. The molecule has 0 spiro atoms. The quantitative estimate of drug-likeness (QED) is 0.0312. The number of aliphatic hydroxyl groups excluding tert-OH is 1. The van der Waals surface area contributed by atoms with Gasteiger partial charge in [0, 0.05) is 133 Å². The number of amides is 4. The normalized spacial score (nSPS) is 13.9. The number of imidazole rings is 1. The van der Waals surface area contributed by atoms with E-state index in [1.165, 1.54) is 0 Å². The number of aromatic nitrogens is 10. The molecule has 0 saturated carbocycles. The van der Waals surface area contributed by atoms with Crippen LogP contribution < -0.4 is 41.7 Å². The Kier molecular flexibility index (Phi) is 30.7. The van der Waals surface area contributed by atoms with Crippen molar-refractivity contribution in [3.05, 3.63) is 302 Å². The molecule has 0 bridgehead atoms. The zero-order valence-electron chi connectivity index (χ0n) is 68.4. The molecule has 9 aromatic heterocycles. The van der Waals surface area contributed by atoms with Crippen LogP contribution in [0, 0.1) is 33.6 Å². The molecule has 2 saturated heterocycles. The number of ether oxygens (including phenoxy) is 1. The summed E-state index contributed by atoms with van der Waals surface area (Å²) in [5.41, 5.74) is 14.2. The van der Waals surface area contributed by atoms with E-state index < -0.39 is 6.10 Å². The number of carbonyl (C=O) groups excluding carboxylic acids is 5. The number of halogens is 4. The number of aryl methyl sites for hydroxylation is 4. The fraction of sp³-hybridized carbons (Fsp3) is 0.226. The lowest BCUT2D eigenvalue weighted by Gasteiger charge is -2.36. The zero-order valence-corrected chi connectivity index (χ0v) is 71.5. The summed E-state index contributed by atoms with van der Waals surface area (Å²) in [5, 5.41) is 29.6. The number of anilines is 8. The molecule has 3 atom stereocenters. The maximum Gasteiger partial charge on any atom is 0.257 e. The third-order valence-corrected chi connectivity index (χ3v) is 21.2. The van der Waals surface area contributed by atoms with E-state index in [4.69, 9.17) is 51.1 Å². The molecule has 2 aliphatic heterocycles. The molecular weight excluding hydrogens is 1620 g/mol. The van der Waals surface area contributed by atoms with Crippen molar-refractivity contribution in [1.29, 1.82) is 0 Å². The predicted octanol–water partition coefficient (Wildman–Crippen LogP) is 19.0. The first-order valence-corrected chi connectivity index (χ1v) is 41.2. The van der Waals surface area contributed by atoms with Crippen LogP contribution in [0.15, 0.2) is 231 Å². The van der Waals surface area contributed by atoms with E-state index >= 15 is 0 Å². The number of aliphatic hydroxyl groups is 1. The highest BCUT2D eigenvalue weighted by atomic mass is 35.5. The maximum atomic E-state index is 12.9. The number of nitrogens with one attached hydrogen (secondary N) is 7. The van der Waals surface area contributed by atoms with Gasteiger partial charge in [0.15, 0.2) is 0 Å². The van der Waals surface area contributed by atoms with Gasteiger partial charge in [-0.3, -0.25) is 43.9 Å². The van der Waals surface area contributed by atoms with Gasteiger partial charge in [0.2, 0.25) is 0 Å². The summed E-state index contributed by atoms with van der Waals surface area (Å²) in [4.78, 5) is 110. The van der Waals surface area contributed by atoms with Crippen molar-refractivity contribution in [2.24, 2.45) is 5.92 Å². The molecule has 4 aromatic carbocycles. The molecule has 15 rings (SSSR count). The first kappa shape index (κ1) is 88.4. The molecule has 0 radical (unpaired) electrons. The average molecular weight is 1720 g/mol. The average Bonchev–Trinajstić information content (AvgIpc) is 0.830. The number of pyridine rings is 8. The number of hydrogen-bond donors (Lipinski definition) is 8. The van der Waals surface area contributed by atoms with Crippen molar-refractivity contribution < 1.29 is 33.8 Å². The Hall–Kier alpha value is -12.9. The Morgan fingerprint density at radius 2 is 0.820 bits per heavy atom. The van der Waals surface area contributed by atoms with Crippen molar-refractivity contribution in [3.63, 3.8) is 0 Å². The van der Waals surface area contributed by atoms with Crippen LogP contribution in [0.3, 0.4) is 0 Å². The monoisotopic (exact) mass is 1710 g/mol. The lowest BCUT2D eigenvalue weighted by molar-refractivity contribution is -0.121. The van der Waals surface area contributed by atoms with E-state index in [1.54, 1.807) is 143 Å². The van der Waals surface area contributed by atoms with E-state index in [-0.39, 0.29) is 47.5 Å². The van der Waals surface area contributed by atoms with Crippen LogP contribution in [0.5, 0.6) is 0 Å². The number of piperidine rings is 1. The Balaban J connectivity index is 0.000000149. The minimum atomic E-state index is -0.483. The predicted molar refractivity (Wildman–Crippen MR) is 485 cm³/mol. The molecule has 11 heterocycles. The van der Waals surface area contributed by atoms with Gasteiger partial charge < -0.3 is 56.5 Å². The highest BCUT2D eigenvalue weighted by molar-refractivity contribution is 6.35. The first-order valence-electron chi connectivity index (χ1n) is 39.7. The number of morpholine rings is 1. The smallest absolute Gasteiger partial charge is 0.257 e. The van der Waals surface area contributed by atoms with Gasteiger partial charge in [-0.2, -0.15) is 0 Å². The van der Waals surface area contributed by atoms with Crippen LogP contribution in [0.4, 0.5) is 46.0 Å². The first-order chi connectivity index (χ1) is 58.9. The van der Waals surface area contributed by atoms with Crippen molar-refractivity contribution in [2.45, 2.75) is 93.0 Å². The van der Waals surface area contributed by atoms with E-state index in [0.717, 1.165) is 114 Å². The maximum absolute atomic E-state index is 12.9. The van der Waals surface area contributed by atoms with Crippen LogP contribution >= 0.6 is 46.4 Å². The molecule has 2 aliphatic rings. The summed E-state index contributed by atoms with van der Waals surface area (Å²) in [6.07, 6.45) is 12.6. The number of H-pyrrole nitrogens is 1. The Morgan fingerprint density at radius 1 is 0.467 bits per heavy atom. The number of Topliss-reactive ketones (excluding diaryl/α,β-unsaturated/α-hetero) is 1. The van der Waals surface area contributed by atoms with Gasteiger partial charge >= 0.3 is 0 Å². The second kappa shape index (κ2) is 42.4. The van der Waals surface area contributed by atoms with Gasteiger partial charge in [-0.1, -0.05) is 70.7 Å². The van der Waals surface area contributed by atoms with Gasteiger partial charge in [0.05, 0.1) is 113 Å². The van der Waals surface area contributed by atoms with Crippen LogP contribution in [0.2, 0.25) is 20.1 Å². The van der Waals surface area contributed by atoms with Gasteiger partial charge in [-0.25, -0.2) is 24.9 Å². The van der Waals surface area contributed by atoms with Crippen LogP contribution in [-0.2, 0) is 16.0 Å². The highest BCUT2D eigenvalue weighted by Gasteiger charge is 2.27. The second-order valence-corrected chi connectivity index (χ2v) is 30.9. The molecule has 4 amide bonds. The number of ketones is 1. The molecule has 0 aliphatic carbocycles. The van der Waals surface area contributed by atoms with Crippen LogP contribution in [0.25, 0.3) is 45.0 Å². The molecule has 122 heavy (non-hydrogen) atoms. The molecular formula is C93H92Cl4N18O7. The number of nitrogens with zero attached hydrogens (tertiary/aromatic N) is 11. The summed E-state index contributed by atoms with van der Waals surface area (Å²) in [7, 11) is 0. The zero-order chi connectivity index (χ0) is 86.3. The molecule has 29 heteroatoms. The Morgan fingerprint density at radius 3 is 1.14 bits per heavy atom. The number of carbonyl (C=O) groups is 5. The summed E-state index contributed by atoms with van der Waals surface area (Å²) in [6.45, 7) is 19.0. The van der Waals surface area contributed by atoms with Crippen LogP contribution in [0.1, 0.15) is 110 Å². The molecule has 8 N–H and O–H groups in total. The third kappa shape index (κ3) is 24.2. The Bertz CT molecular complexity index is 5790. The molecule has 13 aromatic rings. The molecule has 624 valence electrons. The molecule has 2 unspecified atom stereocenters. The topological polar surface area (TPSA) is 325 Å². The number of aromatic amines is 1. The van der Waals surface area contributed by atoms with Crippen molar-refractivity contribution in [1.82, 2.24) is 49.8 Å². The van der Waals surface area contributed by atoms with E-state index in [0.29, 0.717) is 107 Å². The summed E-state index contributed by atoms with van der Waals surface area (Å²) in [6, 6.07) is 58.1. The third-order valence-electron chi connectivity index (χ3n) is 19.9. The lowest BCUT2D eigenvalue weighted by Crippen LogP contribution is -2.45. The van der Waals surface area contributed by atoms with E-state index in [9.17, 15) is 29.1 Å². The summed E-state index contributed by atoms with van der Waals surface area (Å²) in [5.74, 6) is 2.49. The lowest BCUT2D eigenvalue weighted by atomic mass is 9.93. The minimum absolute atomic E-state index is 0.145. The van der Waals surface area contributed by atoms with Gasteiger partial charge in [0.25, 0.3) is 23.6 Å². The fourth-order valence-electron chi connectivity index (χ4n) is 13.7. The standard InChI is InChI=1S/C25H25ClN4O2.C24H25ClN4O2.C23H21ClN6O.C21H21ClN4O2/c1-16-20(7-9-24(28-16)30-13-10-18(11-14-30)17(2)31)25(32)29-19-6-8-22(26)21(15-19)23-5-3-4-12-27-23;1-15-13-29(14-16(2)31-15)23-10-8-19(17(3)27-23)24(30)28-18-7-9-21(25)20(12-18)22-6-4-5-11-26-22;1-15-18(6-8-22(29-15)27-11-9-17-13-25-14-28-17)23(31)30-16-5-7-20(24)19(12-16)21-4-2-3-10-26-21;1-13(27)12-24-20-9-7-16(14(2)25-20)21(28)26-15-6-8-18(22)17(11-15)19-5-3-4-10-23-19/h3-9,12,15,18H,10-11,13-14H2,1-2H3,(H,29,32);4-12,15-16H,13-14H2,1-3H3,(H,28,30);2-8,10,12-14H,9,11H2,1H3,(H,25,28)(H,27,29)(H,30,31);3-11,13,27H,12H2,1-2H3,(H,24,25)(H,26,28)/t;;;13-/m...0/s1. The molecule has 2 fully saturated rings. The van der Waals surface area contributed by atoms with Crippen molar-refractivity contribution >= 4 is 122 Å². The van der Waals surface area contributed by atoms with Gasteiger partial charge in [-0.15, -0.1) is 0 Å². The van der Waals surface area contributed by atoms with E-state index in [1.807, 2.05) is 130 Å². The number of benzene rings is 4. The largest absolute Gasteiger partial charge is 0.392 e. The van der Waals surface area contributed by atoms with Crippen molar-refractivity contribution in [3.8, 4) is 45.0 Å². The summed E-state index contributed by atoms with van der Waals surface area (Å²) < 4.78 is 5.80. The summed E-state index contributed by atoms with van der Waals surface area (Å²) >= 11 is 25.3. The van der Waals surface area contributed by atoms with Crippen molar-refractivity contribution in [2.75, 3.05) is 81.0 Å². The molecule has 25 nitrogen and oxygen atoms in total. The fourth-order valence-corrected chi connectivity index (χ4v) is 14.5. The second-order valence-electron chi connectivity index (χ2n) is 29.2. The van der Waals surface area contributed by atoms with E-state index in [2.05, 4.69) is 105 Å². The van der Waals surface area contributed by atoms with Gasteiger partial charge in [-0.05, 0) is 238 Å². The van der Waals surface area contributed by atoms with Gasteiger partial charge in [0.1, 0.15) is 29.1 Å². The Labute approximate surface area is 728 Å². The highest BCUT2D eigenvalue weighted by Crippen LogP contribution is 2.35.